The van der Waals surface area contributed by atoms with Crippen LogP contribution in [-0.2, 0) is 20.2 Å². The maximum Gasteiger partial charge on any atom is 0.0833 e. The predicted octanol–water partition coefficient (Wildman–Crippen LogP) is 1.13. The molecule has 0 amide bonds. The van der Waals surface area contributed by atoms with Gasteiger partial charge in [0.2, 0.25) is 0 Å². The largest absolute Gasteiger partial charge is 0.390 e. The van der Waals surface area contributed by atoms with Crippen molar-refractivity contribution in [2.45, 2.75) is 13.2 Å². The molecule has 0 bridgehead atoms. The fraction of sp³-hybridized carbons (Fsp3) is 0.273. The van der Waals surface area contributed by atoms with Gasteiger partial charge < -0.3 is 15.4 Å². The van der Waals surface area contributed by atoms with Crippen LogP contribution in [-0.4, -0.2) is 9.67 Å². The van der Waals surface area contributed by atoms with Gasteiger partial charge in [0, 0.05) is 30.2 Å². The van der Waals surface area contributed by atoms with E-state index in [0.29, 0.717) is 6.54 Å². The van der Waals surface area contributed by atoms with Gasteiger partial charge in [-0.1, -0.05) is 12.1 Å². The highest BCUT2D eigenvalue weighted by atomic mass is 16.3. The summed E-state index contributed by atoms with van der Waals surface area (Å²) in [6.45, 7) is 0.599. The van der Waals surface area contributed by atoms with Gasteiger partial charge in [-0.3, -0.25) is 0 Å². The highest BCUT2D eigenvalue weighted by molar-refractivity contribution is 5.84. The number of aliphatic hydroxyl groups excluding tert-OH is 1. The summed E-state index contributed by atoms with van der Waals surface area (Å²) in [6, 6.07) is 8.04. The van der Waals surface area contributed by atoms with Crippen LogP contribution in [0.4, 0.5) is 0 Å². The molecule has 0 aliphatic rings. The molecule has 3 nitrogen and oxygen atoms in total. The maximum absolute atomic E-state index is 9.13. The number of aromatic nitrogens is 1. The van der Waals surface area contributed by atoms with Gasteiger partial charge in [0.1, 0.15) is 0 Å². The second-order valence-electron chi connectivity index (χ2n) is 3.41. The summed E-state index contributed by atoms with van der Waals surface area (Å²) >= 11 is 0. The molecular weight excluding hydrogens is 176 g/mol. The molecule has 3 heteroatoms. The Labute approximate surface area is 82.8 Å². The summed E-state index contributed by atoms with van der Waals surface area (Å²) in [7, 11) is 1.95. The molecule has 3 N–H and O–H groups in total. The molecule has 0 aliphatic carbocycles. The van der Waals surface area contributed by atoms with Crippen molar-refractivity contribution in [2.75, 3.05) is 0 Å². The highest BCUT2D eigenvalue weighted by Crippen LogP contribution is 2.22. The predicted molar refractivity (Wildman–Crippen MR) is 56.7 cm³/mol. The minimum Gasteiger partial charge on any atom is -0.390 e. The van der Waals surface area contributed by atoms with Crippen molar-refractivity contribution in [3.63, 3.8) is 0 Å². The molecule has 14 heavy (non-hydrogen) atoms. The van der Waals surface area contributed by atoms with Crippen LogP contribution in [0.3, 0.4) is 0 Å². The standard InChI is InChI=1S/C11H14N2O/c1-13-9(7-14)5-10-8(6-12)3-2-4-11(10)13/h2-5,14H,6-7,12H2,1H3. The molecule has 0 saturated heterocycles. The second-order valence-corrected chi connectivity index (χ2v) is 3.41. The zero-order valence-corrected chi connectivity index (χ0v) is 8.20. The van der Waals surface area contributed by atoms with Gasteiger partial charge in [-0.15, -0.1) is 0 Å². The number of hydrogen-bond donors (Lipinski definition) is 2. The third-order valence-electron chi connectivity index (χ3n) is 2.66. The minimum absolute atomic E-state index is 0.0647. The molecule has 1 heterocycles. The van der Waals surface area contributed by atoms with E-state index in [1.807, 2.05) is 35.9 Å². The zero-order valence-electron chi connectivity index (χ0n) is 8.20. The fourth-order valence-electron chi connectivity index (χ4n) is 1.81. The van der Waals surface area contributed by atoms with Crippen LogP contribution in [0.15, 0.2) is 24.3 Å². The monoisotopic (exact) mass is 190 g/mol. The summed E-state index contributed by atoms with van der Waals surface area (Å²) in [4.78, 5) is 0. The zero-order chi connectivity index (χ0) is 10.1. The minimum atomic E-state index is 0.0647. The van der Waals surface area contributed by atoms with E-state index in [1.165, 1.54) is 0 Å². The Kier molecular flexibility index (Phi) is 2.27. The maximum atomic E-state index is 9.13. The smallest absolute Gasteiger partial charge is 0.0833 e. The lowest BCUT2D eigenvalue weighted by Gasteiger charge is -2.01. The average molecular weight is 190 g/mol. The second kappa shape index (κ2) is 3.44. The van der Waals surface area contributed by atoms with Crippen LogP contribution < -0.4 is 5.73 Å². The molecule has 0 fully saturated rings. The summed E-state index contributed by atoms with van der Waals surface area (Å²) in [5.41, 5.74) is 8.81. The summed E-state index contributed by atoms with van der Waals surface area (Å²) in [5, 5.41) is 10.3. The summed E-state index contributed by atoms with van der Waals surface area (Å²) in [6.07, 6.45) is 0. The number of fused-ring (bicyclic) bond motifs is 1. The lowest BCUT2D eigenvalue weighted by molar-refractivity contribution is 0.273. The van der Waals surface area contributed by atoms with E-state index >= 15 is 0 Å². The van der Waals surface area contributed by atoms with Crippen LogP contribution in [0.25, 0.3) is 10.9 Å². The summed E-state index contributed by atoms with van der Waals surface area (Å²) in [5.74, 6) is 0. The number of hydrogen-bond acceptors (Lipinski definition) is 2. The Morgan fingerprint density at radius 2 is 2.21 bits per heavy atom. The van der Waals surface area contributed by atoms with Crippen molar-refractivity contribution in [2.24, 2.45) is 12.8 Å². The number of aryl methyl sites for hydroxylation is 1. The van der Waals surface area contributed by atoms with E-state index in [4.69, 9.17) is 10.8 Å². The molecule has 0 atom stereocenters. The first-order chi connectivity index (χ1) is 6.77. The van der Waals surface area contributed by atoms with E-state index in [9.17, 15) is 0 Å². The molecule has 1 aromatic carbocycles. The first kappa shape index (κ1) is 9.24. The van der Waals surface area contributed by atoms with E-state index in [-0.39, 0.29) is 6.61 Å². The highest BCUT2D eigenvalue weighted by Gasteiger charge is 2.06. The first-order valence-electron chi connectivity index (χ1n) is 4.65. The molecule has 2 aromatic rings. The Morgan fingerprint density at radius 3 is 2.86 bits per heavy atom. The van der Waals surface area contributed by atoms with Gasteiger partial charge in [-0.05, 0) is 17.7 Å². The Bertz CT molecular complexity index is 460. The van der Waals surface area contributed by atoms with Crippen molar-refractivity contribution in [1.29, 1.82) is 0 Å². The SMILES string of the molecule is Cn1c(CO)cc2c(CN)cccc21. The lowest BCUT2D eigenvalue weighted by atomic mass is 10.1. The van der Waals surface area contributed by atoms with E-state index in [2.05, 4.69) is 0 Å². The number of nitrogens with zero attached hydrogens (tertiary/aromatic N) is 1. The van der Waals surface area contributed by atoms with E-state index < -0.39 is 0 Å². The van der Waals surface area contributed by atoms with Crippen LogP contribution in [0.1, 0.15) is 11.3 Å². The van der Waals surface area contributed by atoms with Crippen molar-refractivity contribution < 1.29 is 5.11 Å². The molecule has 0 radical (unpaired) electrons. The van der Waals surface area contributed by atoms with Gasteiger partial charge in [0.05, 0.1) is 6.61 Å². The number of rotatable bonds is 2. The third kappa shape index (κ3) is 1.22. The van der Waals surface area contributed by atoms with Crippen LogP contribution in [0.5, 0.6) is 0 Å². The van der Waals surface area contributed by atoms with E-state index in [0.717, 1.165) is 22.2 Å². The van der Waals surface area contributed by atoms with Crippen LogP contribution >= 0.6 is 0 Å². The van der Waals surface area contributed by atoms with Gasteiger partial charge in [0.15, 0.2) is 0 Å². The van der Waals surface area contributed by atoms with Crippen molar-refractivity contribution in [3.05, 3.63) is 35.5 Å². The lowest BCUT2D eigenvalue weighted by Crippen LogP contribution is -1.97. The number of nitrogens with two attached hydrogens (primary N) is 1. The fourth-order valence-corrected chi connectivity index (χ4v) is 1.81. The Hall–Kier alpha value is -1.32. The number of benzene rings is 1. The van der Waals surface area contributed by atoms with Gasteiger partial charge in [0.25, 0.3) is 0 Å². The van der Waals surface area contributed by atoms with Crippen molar-refractivity contribution in [1.82, 2.24) is 4.57 Å². The molecular formula is C11H14N2O. The molecule has 0 unspecified atom stereocenters. The first-order valence-corrected chi connectivity index (χ1v) is 4.65. The van der Waals surface area contributed by atoms with E-state index in [1.54, 1.807) is 0 Å². The molecule has 1 aromatic heterocycles. The summed E-state index contributed by atoms with van der Waals surface area (Å²) < 4.78 is 1.99. The van der Waals surface area contributed by atoms with Gasteiger partial charge >= 0.3 is 0 Å². The quantitative estimate of drug-likeness (QED) is 0.745. The topological polar surface area (TPSA) is 51.2 Å². The molecule has 0 aliphatic heterocycles. The molecule has 74 valence electrons. The Balaban J connectivity index is 2.77. The molecule has 0 spiro atoms. The molecule has 2 rings (SSSR count). The van der Waals surface area contributed by atoms with Crippen LogP contribution in [0.2, 0.25) is 0 Å². The van der Waals surface area contributed by atoms with Crippen molar-refractivity contribution in [3.8, 4) is 0 Å². The normalized spacial score (nSPS) is 11.1. The number of aliphatic hydroxyl groups is 1. The average Bonchev–Trinajstić information content (AvgIpc) is 2.55. The third-order valence-corrected chi connectivity index (χ3v) is 2.66. The van der Waals surface area contributed by atoms with Gasteiger partial charge in [-0.25, -0.2) is 0 Å². The van der Waals surface area contributed by atoms with Crippen molar-refractivity contribution >= 4 is 10.9 Å². The molecule has 0 saturated carbocycles. The Morgan fingerprint density at radius 1 is 1.43 bits per heavy atom. The van der Waals surface area contributed by atoms with Gasteiger partial charge in [-0.2, -0.15) is 0 Å². The van der Waals surface area contributed by atoms with Crippen LogP contribution in [0, 0.1) is 0 Å².